The van der Waals surface area contributed by atoms with Crippen LogP contribution in [-0.4, -0.2) is 22.0 Å². The van der Waals surface area contributed by atoms with Gasteiger partial charge in [0.05, 0.1) is 11.3 Å². The summed E-state index contributed by atoms with van der Waals surface area (Å²) in [6.07, 6.45) is 3.01. The SMILES string of the molecule is O=C(Nc1cc2ccccc2cc1C(=O)O)c1ccncc1. The summed E-state index contributed by atoms with van der Waals surface area (Å²) in [5, 5.41) is 13.7. The van der Waals surface area contributed by atoms with E-state index in [1.807, 2.05) is 24.3 Å². The van der Waals surface area contributed by atoms with E-state index < -0.39 is 5.97 Å². The van der Waals surface area contributed by atoms with Crippen molar-refractivity contribution in [3.63, 3.8) is 0 Å². The van der Waals surface area contributed by atoms with Gasteiger partial charge in [0.25, 0.3) is 5.91 Å². The molecule has 108 valence electrons. The molecule has 0 unspecified atom stereocenters. The highest BCUT2D eigenvalue weighted by molar-refractivity contribution is 6.09. The highest BCUT2D eigenvalue weighted by atomic mass is 16.4. The molecule has 0 fully saturated rings. The Kier molecular flexibility index (Phi) is 3.53. The van der Waals surface area contributed by atoms with Gasteiger partial charge in [-0.3, -0.25) is 9.78 Å². The van der Waals surface area contributed by atoms with E-state index in [4.69, 9.17) is 0 Å². The largest absolute Gasteiger partial charge is 0.478 e. The Morgan fingerprint density at radius 3 is 2.23 bits per heavy atom. The lowest BCUT2D eigenvalue weighted by atomic mass is 10.0. The standard InChI is InChI=1S/C17H12N2O3/c20-16(11-5-7-18-8-6-11)19-15-10-13-4-2-1-3-12(13)9-14(15)17(21)22/h1-10H,(H,19,20)(H,21,22). The number of nitrogens with zero attached hydrogens (tertiary/aromatic N) is 1. The van der Waals surface area contributed by atoms with Gasteiger partial charge in [-0.15, -0.1) is 0 Å². The smallest absolute Gasteiger partial charge is 0.337 e. The Bertz CT molecular complexity index is 860. The lowest BCUT2D eigenvalue weighted by Crippen LogP contribution is -2.14. The third kappa shape index (κ3) is 2.64. The molecule has 0 atom stereocenters. The average molecular weight is 292 g/mol. The van der Waals surface area contributed by atoms with Gasteiger partial charge in [0, 0.05) is 18.0 Å². The molecule has 0 radical (unpaired) electrons. The van der Waals surface area contributed by atoms with Crippen molar-refractivity contribution in [2.75, 3.05) is 5.32 Å². The number of aromatic carboxylic acids is 1. The molecule has 0 saturated carbocycles. The minimum Gasteiger partial charge on any atom is -0.478 e. The van der Waals surface area contributed by atoms with Crippen LogP contribution in [0.25, 0.3) is 10.8 Å². The number of carboxylic acids is 1. The van der Waals surface area contributed by atoms with Gasteiger partial charge >= 0.3 is 5.97 Å². The molecule has 2 N–H and O–H groups in total. The molecule has 0 bridgehead atoms. The first-order valence-corrected chi connectivity index (χ1v) is 6.62. The summed E-state index contributed by atoms with van der Waals surface area (Å²) in [4.78, 5) is 27.5. The fraction of sp³-hybridized carbons (Fsp3) is 0. The topological polar surface area (TPSA) is 79.3 Å². The molecule has 5 heteroatoms. The van der Waals surface area contributed by atoms with E-state index in [0.717, 1.165) is 10.8 Å². The molecule has 0 aliphatic rings. The predicted molar refractivity (Wildman–Crippen MR) is 83.1 cm³/mol. The van der Waals surface area contributed by atoms with Crippen LogP contribution in [0.3, 0.4) is 0 Å². The summed E-state index contributed by atoms with van der Waals surface area (Å²) in [7, 11) is 0. The van der Waals surface area contributed by atoms with Gasteiger partial charge in [0.1, 0.15) is 0 Å². The molecule has 0 spiro atoms. The molecule has 5 nitrogen and oxygen atoms in total. The monoisotopic (exact) mass is 292 g/mol. The zero-order chi connectivity index (χ0) is 15.5. The highest BCUT2D eigenvalue weighted by Crippen LogP contribution is 2.24. The molecule has 0 aliphatic carbocycles. The number of carbonyl (C=O) groups excluding carboxylic acids is 1. The third-order valence-electron chi connectivity index (χ3n) is 3.31. The second-order valence-electron chi connectivity index (χ2n) is 4.74. The number of hydrogen-bond donors (Lipinski definition) is 2. The normalized spacial score (nSPS) is 10.4. The van der Waals surface area contributed by atoms with Crippen LogP contribution in [0.4, 0.5) is 5.69 Å². The van der Waals surface area contributed by atoms with Crippen LogP contribution in [-0.2, 0) is 0 Å². The van der Waals surface area contributed by atoms with Crippen molar-refractivity contribution in [1.29, 1.82) is 0 Å². The van der Waals surface area contributed by atoms with E-state index >= 15 is 0 Å². The van der Waals surface area contributed by atoms with Crippen LogP contribution < -0.4 is 5.32 Å². The summed E-state index contributed by atoms with van der Waals surface area (Å²) in [6.45, 7) is 0. The quantitative estimate of drug-likeness (QED) is 0.777. The Hall–Kier alpha value is -3.21. The molecule has 3 aromatic rings. The van der Waals surface area contributed by atoms with Crippen molar-refractivity contribution < 1.29 is 14.7 Å². The molecule has 0 saturated heterocycles. The zero-order valence-electron chi connectivity index (χ0n) is 11.5. The molecule has 1 aromatic heterocycles. The van der Waals surface area contributed by atoms with E-state index in [1.54, 1.807) is 24.3 Å². The zero-order valence-corrected chi connectivity index (χ0v) is 11.5. The number of fused-ring (bicyclic) bond motifs is 1. The number of carbonyl (C=O) groups is 2. The van der Waals surface area contributed by atoms with Crippen LogP contribution in [0.2, 0.25) is 0 Å². The Balaban J connectivity index is 2.03. The van der Waals surface area contributed by atoms with Gasteiger partial charge in [-0.05, 0) is 35.0 Å². The fourth-order valence-electron chi connectivity index (χ4n) is 2.22. The number of amides is 1. The van der Waals surface area contributed by atoms with Crippen LogP contribution in [0.5, 0.6) is 0 Å². The number of nitrogens with one attached hydrogen (secondary N) is 1. The summed E-state index contributed by atoms with van der Waals surface area (Å²) in [5.74, 6) is -1.46. The van der Waals surface area contributed by atoms with E-state index in [0.29, 0.717) is 5.56 Å². The number of rotatable bonds is 3. The molecular weight excluding hydrogens is 280 g/mol. The van der Waals surface area contributed by atoms with Gasteiger partial charge < -0.3 is 10.4 Å². The molecular formula is C17H12N2O3. The van der Waals surface area contributed by atoms with Crippen LogP contribution in [0.1, 0.15) is 20.7 Å². The van der Waals surface area contributed by atoms with Gasteiger partial charge in [-0.2, -0.15) is 0 Å². The molecule has 0 aliphatic heterocycles. The van der Waals surface area contributed by atoms with Crippen molar-refractivity contribution in [2.24, 2.45) is 0 Å². The first kappa shape index (κ1) is 13.8. The molecule has 1 amide bonds. The number of hydrogen-bond acceptors (Lipinski definition) is 3. The number of benzene rings is 2. The van der Waals surface area contributed by atoms with Crippen molar-refractivity contribution in [3.8, 4) is 0 Å². The molecule has 2 aromatic carbocycles. The highest BCUT2D eigenvalue weighted by Gasteiger charge is 2.14. The second-order valence-corrected chi connectivity index (χ2v) is 4.74. The van der Waals surface area contributed by atoms with Gasteiger partial charge in [-0.1, -0.05) is 24.3 Å². The number of aromatic nitrogens is 1. The summed E-state index contributed by atoms with van der Waals surface area (Å²) < 4.78 is 0. The van der Waals surface area contributed by atoms with E-state index in [2.05, 4.69) is 10.3 Å². The molecule has 1 heterocycles. The van der Waals surface area contributed by atoms with E-state index in [9.17, 15) is 14.7 Å². The summed E-state index contributed by atoms with van der Waals surface area (Å²) in [6, 6.07) is 13.7. The van der Waals surface area contributed by atoms with Crippen LogP contribution in [0.15, 0.2) is 60.9 Å². The first-order valence-electron chi connectivity index (χ1n) is 6.62. The van der Waals surface area contributed by atoms with Crippen molar-refractivity contribution >= 4 is 28.3 Å². The number of carboxylic acid groups (broad SMARTS) is 1. The fourth-order valence-corrected chi connectivity index (χ4v) is 2.22. The minimum atomic E-state index is -1.09. The molecule has 22 heavy (non-hydrogen) atoms. The van der Waals surface area contributed by atoms with Crippen molar-refractivity contribution in [3.05, 3.63) is 72.1 Å². The Labute approximate surface area is 126 Å². The van der Waals surface area contributed by atoms with E-state index in [-0.39, 0.29) is 17.2 Å². The van der Waals surface area contributed by atoms with Crippen molar-refractivity contribution in [2.45, 2.75) is 0 Å². The Morgan fingerprint density at radius 1 is 0.955 bits per heavy atom. The van der Waals surface area contributed by atoms with Crippen LogP contribution >= 0.6 is 0 Å². The van der Waals surface area contributed by atoms with Gasteiger partial charge in [0.2, 0.25) is 0 Å². The second kappa shape index (κ2) is 5.65. The van der Waals surface area contributed by atoms with E-state index in [1.165, 1.54) is 12.4 Å². The van der Waals surface area contributed by atoms with Gasteiger partial charge in [0.15, 0.2) is 0 Å². The maximum absolute atomic E-state index is 12.2. The maximum Gasteiger partial charge on any atom is 0.337 e. The van der Waals surface area contributed by atoms with Gasteiger partial charge in [-0.25, -0.2) is 4.79 Å². The van der Waals surface area contributed by atoms with Crippen LogP contribution in [0, 0.1) is 0 Å². The third-order valence-corrected chi connectivity index (χ3v) is 3.31. The lowest BCUT2D eigenvalue weighted by Gasteiger charge is -2.10. The summed E-state index contributed by atoms with van der Waals surface area (Å²) >= 11 is 0. The van der Waals surface area contributed by atoms with Crippen molar-refractivity contribution in [1.82, 2.24) is 4.98 Å². The first-order chi connectivity index (χ1) is 10.6. The summed E-state index contributed by atoms with van der Waals surface area (Å²) in [5.41, 5.74) is 0.744. The predicted octanol–water partition coefficient (Wildman–Crippen LogP) is 3.19. The lowest BCUT2D eigenvalue weighted by molar-refractivity contribution is 0.0698. The average Bonchev–Trinajstić information content (AvgIpc) is 2.54. The molecule has 3 rings (SSSR count). The minimum absolute atomic E-state index is 0.0566. The number of anilines is 1. The maximum atomic E-state index is 12.2. The number of pyridine rings is 1. The Morgan fingerprint density at radius 2 is 1.59 bits per heavy atom.